The lowest BCUT2D eigenvalue weighted by atomic mass is 10.2. The molecule has 30 heavy (non-hydrogen) atoms. The summed E-state index contributed by atoms with van der Waals surface area (Å²) in [5, 5.41) is 2.39. The van der Waals surface area contributed by atoms with Crippen molar-refractivity contribution in [3.05, 3.63) is 70.4 Å². The van der Waals surface area contributed by atoms with Gasteiger partial charge < -0.3 is 5.32 Å². The number of hydrogen-bond donors (Lipinski definition) is 1. The van der Waals surface area contributed by atoms with Gasteiger partial charge in [0, 0.05) is 18.7 Å². The van der Waals surface area contributed by atoms with E-state index in [1.807, 2.05) is 0 Å². The quantitative estimate of drug-likeness (QED) is 0.389. The van der Waals surface area contributed by atoms with Crippen LogP contribution in [0.3, 0.4) is 0 Å². The van der Waals surface area contributed by atoms with Crippen LogP contribution in [0.5, 0.6) is 0 Å². The van der Waals surface area contributed by atoms with Crippen LogP contribution in [-0.4, -0.2) is 27.6 Å². The number of alkyl halides is 3. The SMILES string of the molecule is O=C(CCN1C(=O)/C(=C/c2ccc(F)cc2)SC1=S)Nc1cccc(C(F)(F)F)c1. The zero-order valence-electron chi connectivity index (χ0n) is 15.2. The summed E-state index contributed by atoms with van der Waals surface area (Å²) >= 11 is 6.24. The van der Waals surface area contributed by atoms with Crippen LogP contribution >= 0.6 is 24.0 Å². The fourth-order valence-electron chi connectivity index (χ4n) is 2.61. The standard InChI is InChI=1S/C20H14F4N2O2S2/c21-14-6-4-12(5-7-14)10-16-18(28)26(19(29)30-16)9-8-17(27)25-15-3-1-2-13(11-15)20(22,23)24/h1-7,10-11H,8-9H2,(H,25,27)/b16-10-. The first-order valence-electron chi connectivity index (χ1n) is 8.61. The monoisotopic (exact) mass is 454 g/mol. The van der Waals surface area contributed by atoms with Gasteiger partial charge in [0.2, 0.25) is 5.91 Å². The summed E-state index contributed by atoms with van der Waals surface area (Å²) in [4.78, 5) is 26.2. The molecule has 2 aromatic rings. The van der Waals surface area contributed by atoms with Crippen molar-refractivity contribution in [1.29, 1.82) is 0 Å². The third kappa shape index (κ3) is 5.45. The minimum atomic E-state index is -4.51. The maximum Gasteiger partial charge on any atom is 0.416 e. The van der Waals surface area contributed by atoms with Gasteiger partial charge in [0.25, 0.3) is 5.91 Å². The Bertz CT molecular complexity index is 1020. The highest BCUT2D eigenvalue weighted by Crippen LogP contribution is 2.33. The number of halogens is 4. The minimum absolute atomic E-state index is 0.0106. The minimum Gasteiger partial charge on any atom is -0.326 e. The van der Waals surface area contributed by atoms with E-state index >= 15 is 0 Å². The third-order valence-electron chi connectivity index (χ3n) is 4.08. The van der Waals surface area contributed by atoms with Gasteiger partial charge in [-0.3, -0.25) is 14.5 Å². The maximum absolute atomic E-state index is 13.0. The average Bonchev–Trinajstić information content (AvgIpc) is 2.94. The number of amides is 2. The Balaban J connectivity index is 1.60. The fourth-order valence-corrected chi connectivity index (χ4v) is 3.92. The lowest BCUT2D eigenvalue weighted by molar-refractivity contribution is -0.137. The third-order valence-corrected chi connectivity index (χ3v) is 5.46. The predicted molar refractivity (Wildman–Crippen MR) is 111 cm³/mol. The zero-order valence-corrected chi connectivity index (χ0v) is 16.8. The van der Waals surface area contributed by atoms with Crippen LogP contribution in [0.25, 0.3) is 6.08 Å². The molecule has 0 spiro atoms. The Kier molecular flexibility index (Phi) is 6.57. The summed E-state index contributed by atoms with van der Waals surface area (Å²) in [6.45, 7) is -0.0176. The molecule has 1 saturated heterocycles. The van der Waals surface area contributed by atoms with Crippen molar-refractivity contribution in [2.45, 2.75) is 12.6 Å². The first-order chi connectivity index (χ1) is 14.1. The summed E-state index contributed by atoms with van der Waals surface area (Å²) in [5.41, 5.74) is -0.237. The largest absolute Gasteiger partial charge is 0.416 e. The Morgan fingerprint density at radius 3 is 2.53 bits per heavy atom. The van der Waals surface area contributed by atoms with Gasteiger partial charge in [-0.25, -0.2) is 4.39 Å². The highest BCUT2D eigenvalue weighted by molar-refractivity contribution is 8.26. The predicted octanol–water partition coefficient (Wildman–Crippen LogP) is 5.07. The summed E-state index contributed by atoms with van der Waals surface area (Å²) in [7, 11) is 0. The molecule has 0 atom stereocenters. The number of rotatable bonds is 5. The van der Waals surface area contributed by atoms with E-state index in [2.05, 4.69) is 5.32 Å². The van der Waals surface area contributed by atoms with Crippen molar-refractivity contribution in [2.75, 3.05) is 11.9 Å². The lowest BCUT2D eigenvalue weighted by Gasteiger charge is -2.14. The first kappa shape index (κ1) is 22.0. The van der Waals surface area contributed by atoms with Crippen molar-refractivity contribution >= 4 is 51.9 Å². The van der Waals surface area contributed by atoms with E-state index in [1.165, 1.54) is 41.3 Å². The van der Waals surface area contributed by atoms with E-state index < -0.39 is 23.5 Å². The van der Waals surface area contributed by atoms with E-state index in [-0.39, 0.29) is 28.9 Å². The summed E-state index contributed by atoms with van der Waals surface area (Å²) in [6.07, 6.45) is -3.09. The molecule has 0 bridgehead atoms. The molecule has 0 unspecified atom stereocenters. The Labute approximate surface area is 178 Å². The number of anilines is 1. The summed E-state index contributed by atoms with van der Waals surface area (Å²) < 4.78 is 51.5. The number of thiocarbonyl (C=S) groups is 1. The first-order valence-corrected chi connectivity index (χ1v) is 9.84. The zero-order chi connectivity index (χ0) is 21.9. The number of nitrogens with one attached hydrogen (secondary N) is 1. The van der Waals surface area contributed by atoms with Crippen molar-refractivity contribution < 1.29 is 27.2 Å². The number of benzene rings is 2. The molecule has 0 saturated carbocycles. The van der Waals surface area contributed by atoms with E-state index in [1.54, 1.807) is 6.08 Å². The van der Waals surface area contributed by atoms with Gasteiger partial charge in [0.1, 0.15) is 10.1 Å². The topological polar surface area (TPSA) is 49.4 Å². The number of nitrogens with zero attached hydrogens (tertiary/aromatic N) is 1. The smallest absolute Gasteiger partial charge is 0.326 e. The maximum atomic E-state index is 13.0. The van der Waals surface area contributed by atoms with Gasteiger partial charge in [-0.1, -0.05) is 42.2 Å². The summed E-state index contributed by atoms with van der Waals surface area (Å²) in [5.74, 6) is -1.33. The molecule has 10 heteroatoms. The molecule has 0 aromatic heterocycles. The molecule has 1 aliphatic rings. The Morgan fingerprint density at radius 1 is 1.17 bits per heavy atom. The second kappa shape index (κ2) is 8.97. The van der Waals surface area contributed by atoms with Crippen LogP contribution in [0.15, 0.2) is 53.4 Å². The van der Waals surface area contributed by atoms with Gasteiger partial charge >= 0.3 is 6.18 Å². The fraction of sp³-hybridized carbons (Fsp3) is 0.150. The van der Waals surface area contributed by atoms with E-state index in [0.717, 1.165) is 23.9 Å². The van der Waals surface area contributed by atoms with Crippen LogP contribution in [0.1, 0.15) is 17.5 Å². The average molecular weight is 454 g/mol. The normalized spacial score (nSPS) is 15.7. The lowest BCUT2D eigenvalue weighted by Crippen LogP contribution is -2.31. The molecular weight excluding hydrogens is 440 g/mol. The Morgan fingerprint density at radius 2 is 1.87 bits per heavy atom. The number of hydrogen-bond acceptors (Lipinski definition) is 4. The van der Waals surface area contributed by atoms with E-state index in [4.69, 9.17) is 12.2 Å². The van der Waals surface area contributed by atoms with Crippen LogP contribution in [0.2, 0.25) is 0 Å². The number of thioether (sulfide) groups is 1. The molecule has 2 aromatic carbocycles. The van der Waals surface area contributed by atoms with E-state index in [0.29, 0.717) is 10.5 Å². The van der Waals surface area contributed by atoms with Gasteiger partial charge in [-0.2, -0.15) is 13.2 Å². The Hall–Kier alpha value is -2.72. The molecule has 156 valence electrons. The van der Waals surface area contributed by atoms with Crippen LogP contribution < -0.4 is 5.32 Å². The molecule has 0 aliphatic carbocycles. The molecule has 1 fully saturated rings. The number of carbonyl (C=O) groups excluding carboxylic acids is 2. The number of carbonyl (C=O) groups is 2. The molecule has 4 nitrogen and oxygen atoms in total. The molecule has 1 aliphatic heterocycles. The van der Waals surface area contributed by atoms with Gasteiger partial charge in [0.05, 0.1) is 10.5 Å². The van der Waals surface area contributed by atoms with Crippen LogP contribution in [0, 0.1) is 5.82 Å². The van der Waals surface area contributed by atoms with Gasteiger partial charge in [-0.15, -0.1) is 0 Å². The molecule has 1 heterocycles. The highest BCUT2D eigenvalue weighted by atomic mass is 32.2. The van der Waals surface area contributed by atoms with Gasteiger partial charge in [0.15, 0.2) is 0 Å². The second-order valence-electron chi connectivity index (χ2n) is 6.26. The molecule has 2 amide bonds. The summed E-state index contributed by atoms with van der Waals surface area (Å²) in [6, 6.07) is 9.86. The van der Waals surface area contributed by atoms with Crippen molar-refractivity contribution in [2.24, 2.45) is 0 Å². The molecular formula is C20H14F4N2O2S2. The van der Waals surface area contributed by atoms with Crippen LogP contribution in [0.4, 0.5) is 23.2 Å². The van der Waals surface area contributed by atoms with Gasteiger partial charge in [-0.05, 0) is 42.0 Å². The van der Waals surface area contributed by atoms with Crippen LogP contribution in [-0.2, 0) is 15.8 Å². The second-order valence-corrected chi connectivity index (χ2v) is 7.94. The van der Waals surface area contributed by atoms with Crippen molar-refractivity contribution in [1.82, 2.24) is 4.90 Å². The van der Waals surface area contributed by atoms with Crippen molar-refractivity contribution in [3.63, 3.8) is 0 Å². The molecule has 1 N–H and O–H groups in total. The van der Waals surface area contributed by atoms with E-state index in [9.17, 15) is 27.2 Å². The molecule has 3 rings (SSSR count). The highest BCUT2D eigenvalue weighted by Gasteiger charge is 2.32. The molecule has 0 radical (unpaired) electrons. The van der Waals surface area contributed by atoms with Crippen molar-refractivity contribution in [3.8, 4) is 0 Å².